The highest BCUT2D eigenvalue weighted by atomic mass is 19.4. The van der Waals surface area contributed by atoms with Crippen molar-refractivity contribution >= 4 is 17.7 Å². The quantitative estimate of drug-likeness (QED) is 0.553. The van der Waals surface area contributed by atoms with E-state index in [1.807, 2.05) is 4.90 Å². The van der Waals surface area contributed by atoms with Gasteiger partial charge in [0, 0.05) is 43.2 Å². The zero-order valence-electron chi connectivity index (χ0n) is 17.8. The van der Waals surface area contributed by atoms with Gasteiger partial charge in [0.05, 0.1) is 18.8 Å². The number of nitrogens with zero attached hydrogens (tertiary/aromatic N) is 3. The van der Waals surface area contributed by atoms with Crippen LogP contribution in [0.4, 0.5) is 17.6 Å². The number of benzene rings is 1. The van der Waals surface area contributed by atoms with Crippen LogP contribution < -0.4 is 5.32 Å². The third-order valence-electron chi connectivity index (χ3n) is 5.79. The molecule has 2 aliphatic heterocycles. The second-order valence-electron chi connectivity index (χ2n) is 7.92. The largest absolute Gasteiger partial charge is 0.416 e. The maximum atomic E-state index is 13.4. The van der Waals surface area contributed by atoms with Gasteiger partial charge in [0.25, 0.3) is 5.91 Å². The van der Waals surface area contributed by atoms with Crippen LogP contribution in [0.1, 0.15) is 34.8 Å². The highest BCUT2D eigenvalue weighted by molar-refractivity contribution is 5.98. The summed E-state index contributed by atoms with van der Waals surface area (Å²) in [7, 11) is 0. The molecule has 0 bridgehead atoms. The molecular weight excluding hydrogens is 440 g/mol. The first kappa shape index (κ1) is 23.1. The molecular formula is C23H22F4N4O2. The third kappa shape index (κ3) is 4.96. The number of hydrogen-bond donors (Lipinski definition) is 1. The molecule has 6 nitrogen and oxygen atoms in total. The molecule has 0 spiro atoms. The number of halogens is 4. The van der Waals surface area contributed by atoms with Crippen LogP contribution in [-0.4, -0.2) is 54.0 Å². The summed E-state index contributed by atoms with van der Waals surface area (Å²) in [4.78, 5) is 23.3. The molecule has 33 heavy (non-hydrogen) atoms. The van der Waals surface area contributed by atoms with E-state index >= 15 is 0 Å². The topological polar surface area (TPSA) is 66.8 Å². The minimum absolute atomic E-state index is 0.109. The van der Waals surface area contributed by atoms with Crippen LogP contribution in [0.15, 0.2) is 53.3 Å². The van der Waals surface area contributed by atoms with Gasteiger partial charge < -0.3 is 10.1 Å². The van der Waals surface area contributed by atoms with Crippen molar-refractivity contribution in [2.45, 2.75) is 25.2 Å². The average Bonchev–Trinajstić information content (AvgIpc) is 2.81. The van der Waals surface area contributed by atoms with Gasteiger partial charge in [-0.2, -0.15) is 17.6 Å². The number of amides is 1. The summed E-state index contributed by atoms with van der Waals surface area (Å²) in [6.45, 7) is 3.65. The molecule has 174 valence electrons. The maximum absolute atomic E-state index is 13.4. The molecule has 1 amide bonds. The number of hydrogen-bond acceptors (Lipinski definition) is 5. The summed E-state index contributed by atoms with van der Waals surface area (Å²) in [5.74, 6) is -1.27. The van der Waals surface area contributed by atoms with Gasteiger partial charge >= 0.3 is 6.18 Å². The molecule has 1 atom stereocenters. The van der Waals surface area contributed by atoms with Crippen LogP contribution in [0.2, 0.25) is 0 Å². The molecule has 1 saturated heterocycles. The lowest BCUT2D eigenvalue weighted by atomic mass is 9.90. The van der Waals surface area contributed by atoms with Crippen LogP contribution in [0.3, 0.4) is 0 Å². The number of ether oxygens (including phenoxy) is 1. The number of aliphatic imine (C=N–C) groups is 1. The van der Waals surface area contributed by atoms with E-state index in [0.717, 1.165) is 17.7 Å². The van der Waals surface area contributed by atoms with E-state index in [4.69, 9.17) is 4.74 Å². The molecule has 1 fully saturated rings. The molecule has 0 saturated carbocycles. The lowest BCUT2D eigenvalue weighted by molar-refractivity contribution is -0.137. The molecule has 1 N–H and O–H groups in total. The number of aromatic nitrogens is 1. The molecule has 1 aromatic carbocycles. The van der Waals surface area contributed by atoms with Crippen LogP contribution in [0.25, 0.3) is 5.57 Å². The van der Waals surface area contributed by atoms with Gasteiger partial charge in [0.1, 0.15) is 5.66 Å². The van der Waals surface area contributed by atoms with E-state index in [1.54, 1.807) is 19.2 Å². The van der Waals surface area contributed by atoms with Crippen molar-refractivity contribution in [3.05, 3.63) is 70.9 Å². The maximum Gasteiger partial charge on any atom is 0.416 e. The Morgan fingerprint density at radius 1 is 1.18 bits per heavy atom. The molecule has 4 rings (SSSR count). The van der Waals surface area contributed by atoms with E-state index in [1.165, 1.54) is 24.4 Å². The first-order valence-corrected chi connectivity index (χ1v) is 10.4. The smallest absolute Gasteiger partial charge is 0.379 e. The molecule has 1 unspecified atom stereocenters. The highest BCUT2D eigenvalue weighted by Crippen LogP contribution is 2.35. The van der Waals surface area contributed by atoms with Gasteiger partial charge in [-0.25, -0.2) is 4.98 Å². The molecule has 1 aromatic heterocycles. The number of pyridine rings is 1. The predicted molar refractivity (Wildman–Crippen MR) is 114 cm³/mol. The Hall–Kier alpha value is -3.11. The van der Waals surface area contributed by atoms with Gasteiger partial charge in [-0.15, -0.1) is 0 Å². The molecule has 10 heteroatoms. The number of carbonyl (C=O) groups excluding carboxylic acids is 1. The molecule has 3 heterocycles. The average molecular weight is 462 g/mol. The van der Waals surface area contributed by atoms with Crippen molar-refractivity contribution in [1.29, 1.82) is 0 Å². The number of allylic oxidation sites excluding steroid dienone is 1. The first-order valence-electron chi connectivity index (χ1n) is 10.4. The van der Waals surface area contributed by atoms with Gasteiger partial charge in [0.2, 0.25) is 5.95 Å². The molecule has 0 aliphatic carbocycles. The van der Waals surface area contributed by atoms with Crippen molar-refractivity contribution in [2.24, 2.45) is 4.99 Å². The van der Waals surface area contributed by atoms with E-state index in [2.05, 4.69) is 15.3 Å². The van der Waals surface area contributed by atoms with Gasteiger partial charge in [-0.3, -0.25) is 14.7 Å². The summed E-state index contributed by atoms with van der Waals surface area (Å²) in [5, 5.41) is 2.91. The lowest BCUT2D eigenvalue weighted by Gasteiger charge is -2.45. The standard InChI is InChI=1S/C23H22F4N4O2/c1-15-19(17-5-6-20(24)28-13-17)12-22(14-29-15,31-7-9-33-10-8-31)30-21(32)16-3-2-4-18(11-16)23(25,26)27/h2-6,11,13-14H,7-10,12H2,1H3,(H,30,32). The summed E-state index contributed by atoms with van der Waals surface area (Å²) >= 11 is 0. The number of rotatable bonds is 4. The van der Waals surface area contributed by atoms with Crippen molar-refractivity contribution in [2.75, 3.05) is 26.3 Å². The zero-order valence-corrected chi connectivity index (χ0v) is 17.8. The summed E-state index contributed by atoms with van der Waals surface area (Å²) < 4.78 is 58.2. The number of carbonyl (C=O) groups is 1. The second kappa shape index (κ2) is 9.03. The fourth-order valence-electron chi connectivity index (χ4n) is 4.01. The summed E-state index contributed by atoms with van der Waals surface area (Å²) in [6, 6.07) is 7.11. The minimum atomic E-state index is -4.56. The zero-order chi connectivity index (χ0) is 23.6. The van der Waals surface area contributed by atoms with Gasteiger partial charge in [0.15, 0.2) is 0 Å². The van der Waals surface area contributed by atoms with Crippen LogP contribution in [0, 0.1) is 5.95 Å². The Kier molecular flexibility index (Phi) is 6.31. The Morgan fingerprint density at radius 3 is 2.61 bits per heavy atom. The monoisotopic (exact) mass is 462 g/mol. The molecule has 2 aromatic rings. The second-order valence-corrected chi connectivity index (χ2v) is 7.92. The van der Waals surface area contributed by atoms with Crippen molar-refractivity contribution in [1.82, 2.24) is 15.2 Å². The SMILES string of the molecule is CC1=C(c2ccc(F)nc2)CC(NC(=O)c2cccc(C(F)(F)F)c2)(N2CCOCC2)C=N1. The summed E-state index contributed by atoms with van der Waals surface area (Å²) in [5.41, 5.74) is -0.0276. The number of morpholine rings is 1. The molecule has 2 aliphatic rings. The molecule has 0 radical (unpaired) electrons. The fourth-order valence-corrected chi connectivity index (χ4v) is 4.01. The minimum Gasteiger partial charge on any atom is -0.379 e. The van der Waals surface area contributed by atoms with E-state index in [9.17, 15) is 22.4 Å². The lowest BCUT2D eigenvalue weighted by Crippen LogP contribution is -2.65. The Morgan fingerprint density at radius 2 is 1.94 bits per heavy atom. The Bertz CT molecular complexity index is 1090. The third-order valence-corrected chi connectivity index (χ3v) is 5.79. The van der Waals surface area contributed by atoms with Crippen molar-refractivity contribution in [3.8, 4) is 0 Å². The van der Waals surface area contributed by atoms with E-state index < -0.39 is 29.3 Å². The highest BCUT2D eigenvalue weighted by Gasteiger charge is 2.41. The summed E-state index contributed by atoms with van der Waals surface area (Å²) in [6.07, 6.45) is -1.28. The van der Waals surface area contributed by atoms with Gasteiger partial charge in [-0.05, 0) is 48.4 Å². The van der Waals surface area contributed by atoms with Crippen molar-refractivity contribution < 1.29 is 27.1 Å². The van der Waals surface area contributed by atoms with Gasteiger partial charge in [-0.1, -0.05) is 6.07 Å². The predicted octanol–water partition coefficient (Wildman–Crippen LogP) is 3.90. The Balaban J connectivity index is 1.68. The number of nitrogens with one attached hydrogen (secondary N) is 1. The van der Waals surface area contributed by atoms with E-state index in [0.29, 0.717) is 37.6 Å². The van der Waals surface area contributed by atoms with Crippen LogP contribution in [0.5, 0.6) is 0 Å². The number of alkyl halides is 3. The first-order chi connectivity index (χ1) is 15.7. The van der Waals surface area contributed by atoms with Crippen LogP contribution >= 0.6 is 0 Å². The normalized spacial score (nSPS) is 21.8. The Labute approximate surface area is 188 Å². The fraction of sp³-hybridized carbons (Fsp3) is 0.348. The van der Waals surface area contributed by atoms with E-state index in [-0.39, 0.29) is 12.0 Å². The van der Waals surface area contributed by atoms with Crippen LogP contribution in [-0.2, 0) is 10.9 Å². The van der Waals surface area contributed by atoms with Crippen molar-refractivity contribution in [3.63, 3.8) is 0 Å².